The van der Waals surface area contributed by atoms with Crippen LogP contribution in [0, 0.1) is 10.1 Å². The average molecular weight is 330 g/mol. The van der Waals surface area contributed by atoms with Gasteiger partial charge in [0.25, 0.3) is 5.69 Å². The summed E-state index contributed by atoms with van der Waals surface area (Å²) in [6.45, 7) is 0. The van der Waals surface area contributed by atoms with E-state index in [1.807, 2.05) is 0 Å². The Hall–Kier alpha value is -3.42. The average Bonchev–Trinajstić information content (AvgIpc) is 2.53. The fraction of sp³-hybridized carbons (Fsp3) is 0.125. The number of non-ortho nitro benzene ring substituents is 1. The van der Waals surface area contributed by atoms with Gasteiger partial charge in [-0.15, -0.1) is 0 Å². The lowest BCUT2D eigenvalue weighted by molar-refractivity contribution is -0.384. The van der Waals surface area contributed by atoms with Crippen LogP contribution < -0.4 is 4.90 Å². The zero-order chi connectivity index (χ0) is 18.0. The van der Waals surface area contributed by atoms with Crippen molar-refractivity contribution in [2.24, 2.45) is 0 Å². The molecule has 0 aromatic heterocycles. The Kier molecular flexibility index (Phi) is 4.50. The van der Waals surface area contributed by atoms with Crippen LogP contribution >= 0.6 is 0 Å². The van der Waals surface area contributed by atoms with Crippen LogP contribution in [0.5, 0.6) is 5.75 Å². The minimum absolute atomic E-state index is 0.136. The van der Waals surface area contributed by atoms with Crippen LogP contribution in [0.15, 0.2) is 36.4 Å². The van der Waals surface area contributed by atoms with E-state index >= 15 is 0 Å². The Balaban J connectivity index is 2.58. The van der Waals surface area contributed by atoms with Crippen LogP contribution in [0.4, 0.5) is 11.4 Å². The molecule has 0 radical (unpaired) electrons. The number of carboxylic acids is 1. The number of aromatic hydroxyl groups is 1. The molecule has 2 N–H and O–H groups in total. The molecule has 24 heavy (non-hydrogen) atoms. The number of phenolic OH excluding ortho intramolecular Hbond substituents is 1. The van der Waals surface area contributed by atoms with E-state index in [2.05, 4.69) is 0 Å². The molecule has 0 spiro atoms. The van der Waals surface area contributed by atoms with Crippen LogP contribution in [-0.4, -0.2) is 41.0 Å². The van der Waals surface area contributed by atoms with E-state index in [0.717, 1.165) is 18.2 Å². The second kappa shape index (κ2) is 6.37. The van der Waals surface area contributed by atoms with Gasteiger partial charge in [0.1, 0.15) is 5.75 Å². The Morgan fingerprint density at radius 3 is 2.17 bits per heavy atom. The van der Waals surface area contributed by atoms with Gasteiger partial charge in [0.15, 0.2) is 5.78 Å². The van der Waals surface area contributed by atoms with Gasteiger partial charge in [0, 0.05) is 43.5 Å². The first kappa shape index (κ1) is 16.9. The molecule has 0 aliphatic carbocycles. The second-order valence-corrected chi connectivity index (χ2v) is 5.22. The smallest absolute Gasteiger partial charge is 0.336 e. The molecular weight excluding hydrogens is 316 g/mol. The Labute approximate surface area is 136 Å². The highest BCUT2D eigenvalue weighted by Crippen LogP contribution is 2.28. The molecule has 0 aliphatic heterocycles. The highest BCUT2D eigenvalue weighted by molar-refractivity contribution is 6.15. The predicted molar refractivity (Wildman–Crippen MR) is 85.9 cm³/mol. The highest BCUT2D eigenvalue weighted by Gasteiger charge is 2.23. The monoisotopic (exact) mass is 330 g/mol. The molecule has 0 saturated carbocycles. The predicted octanol–water partition coefficient (Wildman–Crippen LogP) is 2.30. The molecule has 8 nitrogen and oxygen atoms in total. The number of nitro benzene ring substituents is 1. The van der Waals surface area contributed by atoms with Crippen molar-refractivity contribution < 1.29 is 24.7 Å². The Morgan fingerprint density at radius 2 is 1.67 bits per heavy atom. The van der Waals surface area contributed by atoms with Gasteiger partial charge in [-0.25, -0.2) is 4.79 Å². The van der Waals surface area contributed by atoms with Crippen molar-refractivity contribution in [2.45, 2.75) is 0 Å². The van der Waals surface area contributed by atoms with Gasteiger partial charge in [-0.2, -0.15) is 0 Å². The van der Waals surface area contributed by atoms with Crippen LogP contribution in [-0.2, 0) is 0 Å². The first-order valence-electron chi connectivity index (χ1n) is 6.79. The summed E-state index contributed by atoms with van der Waals surface area (Å²) >= 11 is 0. The molecule has 124 valence electrons. The molecular formula is C16H14N2O6. The molecule has 0 aliphatic rings. The lowest BCUT2D eigenvalue weighted by Gasteiger charge is -2.14. The van der Waals surface area contributed by atoms with Gasteiger partial charge in [-0.3, -0.25) is 14.9 Å². The van der Waals surface area contributed by atoms with Crippen molar-refractivity contribution in [3.8, 4) is 5.75 Å². The van der Waals surface area contributed by atoms with Crippen molar-refractivity contribution >= 4 is 23.1 Å². The van der Waals surface area contributed by atoms with E-state index in [1.165, 1.54) is 12.1 Å². The first-order chi connectivity index (χ1) is 11.2. The van der Waals surface area contributed by atoms with E-state index in [-0.39, 0.29) is 22.4 Å². The lowest BCUT2D eigenvalue weighted by Crippen LogP contribution is -2.12. The molecule has 0 amide bonds. The Morgan fingerprint density at radius 1 is 1.04 bits per heavy atom. The maximum absolute atomic E-state index is 12.6. The third-order valence-electron chi connectivity index (χ3n) is 3.43. The molecule has 2 rings (SSSR count). The molecule has 0 fully saturated rings. The number of carbonyl (C=O) groups excluding carboxylic acids is 1. The van der Waals surface area contributed by atoms with E-state index in [0.29, 0.717) is 5.69 Å². The van der Waals surface area contributed by atoms with Crippen molar-refractivity contribution in [3.63, 3.8) is 0 Å². The van der Waals surface area contributed by atoms with Crippen molar-refractivity contribution in [1.82, 2.24) is 0 Å². The number of nitrogens with zero attached hydrogens (tertiary/aromatic N) is 2. The summed E-state index contributed by atoms with van der Waals surface area (Å²) < 4.78 is 0. The van der Waals surface area contributed by atoms with Crippen LogP contribution in [0.2, 0.25) is 0 Å². The summed E-state index contributed by atoms with van der Waals surface area (Å²) in [4.78, 5) is 35.7. The second-order valence-electron chi connectivity index (χ2n) is 5.22. The largest absolute Gasteiger partial charge is 0.507 e. The van der Waals surface area contributed by atoms with E-state index in [9.17, 15) is 29.9 Å². The summed E-state index contributed by atoms with van der Waals surface area (Å²) in [5, 5.41) is 30.1. The van der Waals surface area contributed by atoms with Crippen molar-refractivity contribution in [3.05, 3.63) is 63.2 Å². The lowest BCUT2D eigenvalue weighted by atomic mass is 9.96. The number of phenols is 1. The standard InChI is InChI=1S/C16H14N2O6/c1-17(2)9-3-6-12(14(19)8-9)15(20)13-7-10(18(23)24)4-5-11(13)16(21)22/h3-8,19H,1-2H3,(H,21,22). The highest BCUT2D eigenvalue weighted by atomic mass is 16.6. The topological polar surface area (TPSA) is 121 Å². The number of hydrogen-bond donors (Lipinski definition) is 2. The van der Waals surface area contributed by atoms with Crippen molar-refractivity contribution in [1.29, 1.82) is 0 Å². The van der Waals surface area contributed by atoms with Gasteiger partial charge in [0.05, 0.1) is 16.1 Å². The molecule has 2 aromatic carbocycles. The zero-order valence-electron chi connectivity index (χ0n) is 12.9. The van der Waals surface area contributed by atoms with Crippen LogP contribution in [0.25, 0.3) is 0 Å². The summed E-state index contributed by atoms with van der Waals surface area (Å²) in [7, 11) is 3.50. The molecule has 0 atom stereocenters. The van der Waals surface area contributed by atoms with Crippen LogP contribution in [0.1, 0.15) is 26.3 Å². The SMILES string of the molecule is CN(C)c1ccc(C(=O)c2cc([N+](=O)[O-])ccc2C(=O)O)c(O)c1. The summed E-state index contributed by atoms with van der Waals surface area (Å²) in [6.07, 6.45) is 0. The number of benzene rings is 2. The van der Waals surface area contributed by atoms with Gasteiger partial charge in [-0.1, -0.05) is 0 Å². The number of rotatable bonds is 5. The molecule has 0 heterocycles. The summed E-state index contributed by atoms with van der Waals surface area (Å²) in [5.74, 6) is -2.54. The normalized spacial score (nSPS) is 10.2. The van der Waals surface area contributed by atoms with Gasteiger partial charge >= 0.3 is 5.97 Å². The molecule has 2 aromatic rings. The first-order valence-corrected chi connectivity index (χ1v) is 6.79. The van der Waals surface area contributed by atoms with E-state index < -0.39 is 22.4 Å². The minimum atomic E-state index is -1.39. The maximum Gasteiger partial charge on any atom is 0.336 e. The number of carbonyl (C=O) groups is 2. The number of anilines is 1. The molecule has 0 saturated heterocycles. The number of aromatic carboxylic acids is 1. The minimum Gasteiger partial charge on any atom is -0.507 e. The summed E-state index contributed by atoms with van der Waals surface area (Å²) in [6, 6.07) is 7.17. The molecule has 8 heteroatoms. The number of carboxylic acid groups (broad SMARTS) is 1. The summed E-state index contributed by atoms with van der Waals surface area (Å²) in [5.41, 5.74) is -0.635. The number of nitro groups is 1. The van der Waals surface area contributed by atoms with E-state index in [4.69, 9.17) is 0 Å². The molecule has 0 unspecified atom stereocenters. The van der Waals surface area contributed by atoms with Crippen LogP contribution in [0.3, 0.4) is 0 Å². The maximum atomic E-state index is 12.6. The quantitative estimate of drug-likeness (QED) is 0.490. The third kappa shape index (κ3) is 3.17. The fourth-order valence-corrected chi connectivity index (χ4v) is 2.16. The third-order valence-corrected chi connectivity index (χ3v) is 3.43. The Bertz CT molecular complexity index is 844. The molecule has 0 bridgehead atoms. The zero-order valence-corrected chi connectivity index (χ0v) is 12.9. The van der Waals surface area contributed by atoms with Gasteiger partial charge in [-0.05, 0) is 18.2 Å². The number of hydrogen-bond acceptors (Lipinski definition) is 6. The number of ketones is 1. The van der Waals surface area contributed by atoms with Gasteiger partial charge in [0.2, 0.25) is 0 Å². The van der Waals surface area contributed by atoms with Gasteiger partial charge < -0.3 is 15.1 Å². The van der Waals surface area contributed by atoms with Crippen molar-refractivity contribution in [2.75, 3.05) is 19.0 Å². The van der Waals surface area contributed by atoms with E-state index in [1.54, 1.807) is 25.1 Å². The fourth-order valence-electron chi connectivity index (χ4n) is 2.16.